The molecule has 0 amide bonds. The molecule has 158 valence electrons. The lowest BCUT2D eigenvalue weighted by Gasteiger charge is -2.30. The highest BCUT2D eigenvalue weighted by molar-refractivity contribution is 5.44. The van der Waals surface area contributed by atoms with Gasteiger partial charge in [-0.25, -0.2) is 4.39 Å². The summed E-state index contributed by atoms with van der Waals surface area (Å²) in [5.41, 5.74) is 5.49. The molecule has 1 fully saturated rings. The van der Waals surface area contributed by atoms with Crippen molar-refractivity contribution >= 4 is 0 Å². The molecule has 0 N–H and O–H groups in total. The number of hydrogen-bond donors (Lipinski definition) is 0. The number of piperidine rings is 1. The van der Waals surface area contributed by atoms with Crippen molar-refractivity contribution in [1.29, 1.82) is 0 Å². The van der Waals surface area contributed by atoms with E-state index >= 15 is 0 Å². The van der Waals surface area contributed by atoms with E-state index in [1.807, 2.05) is 12.1 Å². The van der Waals surface area contributed by atoms with Gasteiger partial charge in [0.15, 0.2) is 0 Å². The van der Waals surface area contributed by atoms with Crippen molar-refractivity contribution in [2.24, 2.45) is 5.92 Å². The number of nitrogens with zero attached hydrogens (tertiary/aromatic N) is 1. The average molecular weight is 398 g/mol. The van der Waals surface area contributed by atoms with Crippen molar-refractivity contribution < 1.29 is 9.13 Å². The van der Waals surface area contributed by atoms with Crippen LogP contribution in [0.3, 0.4) is 0 Å². The van der Waals surface area contributed by atoms with Crippen LogP contribution in [-0.2, 0) is 19.3 Å². The standard InChI is InChI=1S/C14H20FN.C12H16O/c1-12-6-9-16(10-7-12)11-8-13-2-4-14(15)5-3-13;1-3-4-10-8-12-11(5-6-13-12)7-9(10)2/h2-5,12H,6-11H2,1H3;7-8H,3-6H2,1-2H3. The van der Waals surface area contributed by atoms with Crippen LogP contribution in [0.25, 0.3) is 0 Å². The van der Waals surface area contributed by atoms with Crippen LogP contribution < -0.4 is 4.74 Å². The third kappa shape index (κ3) is 6.57. The van der Waals surface area contributed by atoms with E-state index in [0.717, 1.165) is 37.7 Å². The number of aryl methyl sites for hydroxylation is 2. The van der Waals surface area contributed by atoms with Crippen molar-refractivity contribution in [3.63, 3.8) is 0 Å². The van der Waals surface area contributed by atoms with Crippen molar-refractivity contribution in [3.05, 3.63) is 64.5 Å². The average Bonchev–Trinajstić information content (AvgIpc) is 3.17. The summed E-state index contributed by atoms with van der Waals surface area (Å²) in [5.74, 6) is 1.87. The van der Waals surface area contributed by atoms with Gasteiger partial charge >= 0.3 is 0 Å². The summed E-state index contributed by atoms with van der Waals surface area (Å²) < 4.78 is 18.3. The minimum Gasteiger partial charge on any atom is -0.493 e. The maximum Gasteiger partial charge on any atom is 0.123 e. The Kier molecular flexibility index (Phi) is 8.11. The molecule has 0 aromatic heterocycles. The lowest BCUT2D eigenvalue weighted by molar-refractivity contribution is 0.194. The number of hydrogen-bond acceptors (Lipinski definition) is 2. The third-order valence-corrected chi connectivity index (χ3v) is 6.17. The highest BCUT2D eigenvalue weighted by atomic mass is 19.1. The summed E-state index contributed by atoms with van der Waals surface area (Å²) in [6.45, 7) is 11.2. The van der Waals surface area contributed by atoms with Gasteiger partial charge in [0.25, 0.3) is 0 Å². The van der Waals surface area contributed by atoms with Crippen LogP contribution in [0.4, 0.5) is 4.39 Å². The van der Waals surface area contributed by atoms with Crippen LogP contribution in [-0.4, -0.2) is 31.1 Å². The van der Waals surface area contributed by atoms with Crippen LogP contribution in [0.2, 0.25) is 0 Å². The molecule has 0 atom stereocenters. The molecule has 1 saturated heterocycles. The van der Waals surface area contributed by atoms with Crippen molar-refractivity contribution in [2.75, 3.05) is 26.2 Å². The molecule has 0 bridgehead atoms. The first-order chi connectivity index (χ1) is 14.0. The van der Waals surface area contributed by atoms with E-state index in [2.05, 4.69) is 37.8 Å². The van der Waals surface area contributed by atoms with Crippen molar-refractivity contribution in [1.82, 2.24) is 4.90 Å². The Labute approximate surface area is 176 Å². The van der Waals surface area contributed by atoms with E-state index < -0.39 is 0 Å². The van der Waals surface area contributed by atoms with Crippen LogP contribution in [0.5, 0.6) is 5.75 Å². The number of likely N-dealkylation sites (tertiary alicyclic amines) is 1. The molecule has 2 aromatic rings. The molecule has 2 heterocycles. The smallest absolute Gasteiger partial charge is 0.123 e. The third-order valence-electron chi connectivity index (χ3n) is 6.17. The Balaban J connectivity index is 0.000000169. The monoisotopic (exact) mass is 397 g/mol. The maximum absolute atomic E-state index is 12.7. The number of benzene rings is 2. The van der Waals surface area contributed by atoms with Gasteiger partial charge in [0.2, 0.25) is 0 Å². The van der Waals surface area contributed by atoms with Gasteiger partial charge in [-0.05, 0) is 92.1 Å². The Morgan fingerprint density at radius 1 is 1.07 bits per heavy atom. The maximum atomic E-state index is 12.7. The molecular formula is C26H36FNO. The van der Waals surface area contributed by atoms with Gasteiger partial charge < -0.3 is 9.64 Å². The molecule has 29 heavy (non-hydrogen) atoms. The Bertz CT molecular complexity index is 763. The van der Waals surface area contributed by atoms with Gasteiger partial charge in [0.05, 0.1) is 6.61 Å². The minimum atomic E-state index is -0.143. The number of rotatable bonds is 5. The molecule has 0 radical (unpaired) electrons. The van der Waals surface area contributed by atoms with Gasteiger partial charge in [-0.15, -0.1) is 0 Å². The van der Waals surface area contributed by atoms with Gasteiger partial charge in [-0.3, -0.25) is 0 Å². The fourth-order valence-electron chi connectivity index (χ4n) is 4.15. The minimum absolute atomic E-state index is 0.143. The summed E-state index contributed by atoms with van der Waals surface area (Å²) in [5, 5.41) is 0. The normalized spacial score (nSPS) is 16.7. The second-order valence-electron chi connectivity index (χ2n) is 8.64. The molecule has 0 saturated carbocycles. The summed E-state index contributed by atoms with van der Waals surface area (Å²) >= 11 is 0. The predicted molar refractivity (Wildman–Crippen MR) is 119 cm³/mol. The van der Waals surface area contributed by atoms with Crippen LogP contribution in [0, 0.1) is 18.7 Å². The summed E-state index contributed by atoms with van der Waals surface area (Å²) in [7, 11) is 0. The summed E-state index contributed by atoms with van der Waals surface area (Å²) in [4.78, 5) is 2.52. The van der Waals surface area contributed by atoms with Gasteiger partial charge in [0.1, 0.15) is 11.6 Å². The highest BCUT2D eigenvalue weighted by Gasteiger charge is 2.15. The van der Waals surface area contributed by atoms with Crippen LogP contribution >= 0.6 is 0 Å². The number of ether oxygens (including phenoxy) is 1. The number of fused-ring (bicyclic) bond motifs is 1. The molecule has 2 nitrogen and oxygen atoms in total. The number of halogens is 1. The van der Waals surface area contributed by atoms with Gasteiger partial charge in [-0.1, -0.05) is 38.5 Å². The van der Waals surface area contributed by atoms with E-state index in [1.54, 1.807) is 12.1 Å². The van der Waals surface area contributed by atoms with E-state index in [0.29, 0.717) is 0 Å². The first kappa shape index (κ1) is 21.8. The van der Waals surface area contributed by atoms with Gasteiger partial charge in [-0.2, -0.15) is 0 Å². The summed E-state index contributed by atoms with van der Waals surface area (Å²) in [6, 6.07) is 11.4. The molecular weight excluding hydrogens is 361 g/mol. The Morgan fingerprint density at radius 3 is 2.48 bits per heavy atom. The highest BCUT2D eigenvalue weighted by Crippen LogP contribution is 2.29. The second kappa shape index (κ2) is 10.8. The molecule has 2 aliphatic heterocycles. The fraction of sp³-hybridized carbons (Fsp3) is 0.538. The molecule has 2 aliphatic rings. The molecule has 0 aliphatic carbocycles. The summed E-state index contributed by atoms with van der Waals surface area (Å²) in [6.07, 6.45) is 7.15. The molecule has 2 aromatic carbocycles. The zero-order valence-electron chi connectivity index (χ0n) is 18.3. The topological polar surface area (TPSA) is 12.5 Å². The Morgan fingerprint density at radius 2 is 1.79 bits per heavy atom. The SMILES string of the molecule is CC1CCN(CCc2ccc(F)cc2)CC1.CCCc1cc2c(cc1C)CCO2. The fourth-order valence-corrected chi connectivity index (χ4v) is 4.15. The Hall–Kier alpha value is -1.87. The molecule has 0 spiro atoms. The van der Waals surface area contributed by atoms with Crippen LogP contribution in [0.1, 0.15) is 55.4 Å². The quantitative estimate of drug-likeness (QED) is 0.615. The van der Waals surface area contributed by atoms with E-state index in [9.17, 15) is 4.39 Å². The molecule has 4 rings (SSSR count). The lowest BCUT2D eigenvalue weighted by Crippen LogP contribution is -2.34. The van der Waals surface area contributed by atoms with E-state index in [1.165, 1.54) is 61.0 Å². The van der Waals surface area contributed by atoms with E-state index in [4.69, 9.17) is 4.74 Å². The van der Waals surface area contributed by atoms with E-state index in [-0.39, 0.29) is 5.82 Å². The first-order valence-corrected chi connectivity index (χ1v) is 11.3. The zero-order valence-corrected chi connectivity index (χ0v) is 18.3. The molecule has 0 unspecified atom stereocenters. The van der Waals surface area contributed by atoms with Crippen molar-refractivity contribution in [3.8, 4) is 5.75 Å². The molecule has 3 heteroatoms. The zero-order chi connectivity index (χ0) is 20.6. The largest absolute Gasteiger partial charge is 0.493 e. The van der Waals surface area contributed by atoms with Crippen LogP contribution in [0.15, 0.2) is 36.4 Å². The lowest BCUT2D eigenvalue weighted by atomic mass is 9.99. The predicted octanol–water partition coefficient (Wildman–Crippen LogP) is 5.98. The second-order valence-corrected chi connectivity index (χ2v) is 8.64. The first-order valence-electron chi connectivity index (χ1n) is 11.3. The van der Waals surface area contributed by atoms with Crippen molar-refractivity contribution in [2.45, 2.75) is 59.3 Å². The van der Waals surface area contributed by atoms with Gasteiger partial charge in [0, 0.05) is 13.0 Å².